The molecule has 2 atom stereocenters. The highest BCUT2D eigenvalue weighted by Gasteiger charge is 2.36. The van der Waals surface area contributed by atoms with Gasteiger partial charge in [-0.25, -0.2) is 0 Å². The summed E-state index contributed by atoms with van der Waals surface area (Å²) in [6, 6.07) is -0.187. The Hall–Kier alpha value is -1.14. The van der Waals surface area contributed by atoms with E-state index in [2.05, 4.69) is 12.2 Å². The van der Waals surface area contributed by atoms with Crippen LogP contribution in [0.3, 0.4) is 0 Å². The molecule has 2 aliphatic heterocycles. The molecule has 2 heterocycles. The van der Waals surface area contributed by atoms with Crippen LogP contribution in [0, 0.1) is 11.8 Å². The fourth-order valence-electron chi connectivity index (χ4n) is 2.95. The first-order chi connectivity index (χ1) is 10.1. The lowest BCUT2D eigenvalue weighted by molar-refractivity contribution is -0.139. The molecule has 21 heavy (non-hydrogen) atoms. The Labute approximate surface area is 126 Å². The van der Waals surface area contributed by atoms with Gasteiger partial charge in [-0.1, -0.05) is 13.3 Å². The minimum atomic E-state index is -0.208. The minimum absolute atomic E-state index is 0.0411. The largest absolute Gasteiger partial charge is 0.379 e. The van der Waals surface area contributed by atoms with E-state index in [0.717, 1.165) is 32.2 Å². The van der Waals surface area contributed by atoms with Gasteiger partial charge in [-0.2, -0.15) is 0 Å². The number of carbonyl (C=O) groups is 2. The smallest absolute Gasteiger partial charge is 0.229 e. The van der Waals surface area contributed by atoms with Gasteiger partial charge in [0.2, 0.25) is 11.8 Å². The van der Waals surface area contributed by atoms with E-state index < -0.39 is 0 Å². The van der Waals surface area contributed by atoms with Gasteiger partial charge >= 0.3 is 0 Å². The van der Waals surface area contributed by atoms with Gasteiger partial charge in [0.05, 0.1) is 19.1 Å². The second-order valence-corrected chi connectivity index (χ2v) is 6.05. The molecular weight excluding hydrogens is 270 g/mol. The van der Waals surface area contributed by atoms with Gasteiger partial charge in [0.25, 0.3) is 0 Å². The number of ether oxygens (including phenoxy) is 1. The highest BCUT2D eigenvalue weighted by atomic mass is 16.5. The summed E-state index contributed by atoms with van der Waals surface area (Å²) in [5, 5.41) is 2.98. The molecule has 2 rings (SSSR count). The van der Waals surface area contributed by atoms with E-state index in [0.29, 0.717) is 26.3 Å². The van der Waals surface area contributed by atoms with Crippen molar-refractivity contribution in [2.45, 2.75) is 38.6 Å². The highest BCUT2D eigenvalue weighted by Crippen LogP contribution is 2.21. The summed E-state index contributed by atoms with van der Waals surface area (Å²) in [6.07, 6.45) is 3.58. The van der Waals surface area contributed by atoms with E-state index in [4.69, 9.17) is 10.5 Å². The summed E-state index contributed by atoms with van der Waals surface area (Å²) >= 11 is 0. The Morgan fingerprint density at radius 1 is 1.29 bits per heavy atom. The van der Waals surface area contributed by atoms with Crippen molar-refractivity contribution >= 4 is 11.8 Å². The Kier molecular flexibility index (Phi) is 5.99. The van der Waals surface area contributed by atoms with Gasteiger partial charge in [-0.05, 0) is 19.3 Å². The molecule has 0 saturated carbocycles. The number of rotatable bonds is 5. The molecule has 0 aromatic rings. The molecule has 0 spiro atoms. The molecule has 0 bridgehead atoms. The fourth-order valence-corrected chi connectivity index (χ4v) is 2.95. The number of nitrogens with one attached hydrogen (secondary N) is 1. The number of hydrogen-bond donors (Lipinski definition) is 2. The lowest BCUT2D eigenvalue weighted by Crippen LogP contribution is -2.48. The van der Waals surface area contributed by atoms with Crippen molar-refractivity contribution in [2.24, 2.45) is 17.6 Å². The Morgan fingerprint density at radius 2 is 2.00 bits per heavy atom. The van der Waals surface area contributed by atoms with Gasteiger partial charge in [0.15, 0.2) is 0 Å². The maximum atomic E-state index is 12.4. The number of hydrogen-bond acceptors (Lipinski definition) is 4. The van der Waals surface area contributed by atoms with Gasteiger partial charge < -0.3 is 20.7 Å². The van der Waals surface area contributed by atoms with Crippen LogP contribution in [0.4, 0.5) is 0 Å². The average molecular weight is 297 g/mol. The zero-order valence-electron chi connectivity index (χ0n) is 12.8. The number of piperidine rings is 1. The van der Waals surface area contributed by atoms with Crippen molar-refractivity contribution in [1.82, 2.24) is 10.2 Å². The summed E-state index contributed by atoms with van der Waals surface area (Å²) in [5.41, 5.74) is 5.89. The van der Waals surface area contributed by atoms with Gasteiger partial charge in [-0.15, -0.1) is 0 Å². The number of nitrogens with two attached hydrogens (primary N) is 1. The molecule has 6 heteroatoms. The number of carbonyl (C=O) groups excluding carboxylic acids is 2. The predicted octanol–water partition coefficient (Wildman–Crippen LogP) is 0.115. The first-order valence-electron chi connectivity index (χ1n) is 8.03. The Bertz CT molecular complexity index is 367. The summed E-state index contributed by atoms with van der Waals surface area (Å²) in [5.74, 6) is 0.0561. The van der Waals surface area contributed by atoms with Crippen LogP contribution >= 0.6 is 0 Å². The first kappa shape index (κ1) is 16.2. The number of likely N-dealkylation sites (tertiary alicyclic amines) is 1. The van der Waals surface area contributed by atoms with E-state index >= 15 is 0 Å². The molecular formula is C15H27N3O3. The van der Waals surface area contributed by atoms with E-state index in [1.807, 2.05) is 4.90 Å². The van der Waals surface area contributed by atoms with Crippen molar-refractivity contribution in [3.8, 4) is 0 Å². The topological polar surface area (TPSA) is 84.7 Å². The lowest BCUT2D eigenvalue weighted by atomic mass is 9.94. The van der Waals surface area contributed by atoms with E-state index in [-0.39, 0.29) is 29.7 Å². The maximum absolute atomic E-state index is 12.4. The number of unbranched alkanes of at least 4 members (excludes halogenated alkanes) is 1. The van der Waals surface area contributed by atoms with Crippen LogP contribution in [0.5, 0.6) is 0 Å². The monoisotopic (exact) mass is 297 g/mol. The van der Waals surface area contributed by atoms with E-state index in [1.165, 1.54) is 0 Å². The van der Waals surface area contributed by atoms with Crippen molar-refractivity contribution < 1.29 is 14.3 Å². The van der Waals surface area contributed by atoms with Crippen molar-refractivity contribution in [2.75, 3.05) is 32.8 Å². The molecule has 0 aliphatic carbocycles. The highest BCUT2D eigenvalue weighted by molar-refractivity contribution is 5.81. The Morgan fingerprint density at radius 3 is 2.57 bits per heavy atom. The summed E-state index contributed by atoms with van der Waals surface area (Å²) in [4.78, 5) is 26.2. The third-order valence-electron chi connectivity index (χ3n) is 4.45. The second-order valence-electron chi connectivity index (χ2n) is 6.05. The van der Waals surface area contributed by atoms with Crippen LogP contribution in [-0.2, 0) is 14.3 Å². The molecule has 2 unspecified atom stereocenters. The zero-order valence-corrected chi connectivity index (χ0v) is 12.8. The SMILES string of the molecule is CCCCNC(=O)C1CCN(C(=O)C2COCC2N)CC1. The third kappa shape index (κ3) is 4.17. The molecule has 2 aliphatic rings. The maximum Gasteiger partial charge on any atom is 0.229 e. The third-order valence-corrected chi connectivity index (χ3v) is 4.45. The normalized spacial score (nSPS) is 26.9. The van der Waals surface area contributed by atoms with Crippen LogP contribution in [0.25, 0.3) is 0 Å². The zero-order chi connectivity index (χ0) is 15.2. The van der Waals surface area contributed by atoms with Crippen molar-refractivity contribution in [1.29, 1.82) is 0 Å². The second kappa shape index (κ2) is 7.75. The molecule has 120 valence electrons. The van der Waals surface area contributed by atoms with Gasteiger partial charge in [0.1, 0.15) is 0 Å². The van der Waals surface area contributed by atoms with Crippen molar-refractivity contribution in [3.63, 3.8) is 0 Å². The molecule has 0 aromatic carbocycles. The quantitative estimate of drug-likeness (QED) is 0.706. The molecule has 6 nitrogen and oxygen atoms in total. The number of amides is 2. The minimum Gasteiger partial charge on any atom is -0.379 e. The summed E-state index contributed by atoms with van der Waals surface area (Å²) < 4.78 is 5.26. The fraction of sp³-hybridized carbons (Fsp3) is 0.867. The van der Waals surface area contributed by atoms with Gasteiger partial charge in [0, 0.05) is 31.6 Å². The molecule has 2 amide bonds. The van der Waals surface area contributed by atoms with Gasteiger partial charge in [-0.3, -0.25) is 9.59 Å². The van der Waals surface area contributed by atoms with E-state index in [1.54, 1.807) is 0 Å². The van der Waals surface area contributed by atoms with Crippen molar-refractivity contribution in [3.05, 3.63) is 0 Å². The summed E-state index contributed by atoms with van der Waals surface area (Å²) in [7, 11) is 0. The summed E-state index contributed by atoms with van der Waals surface area (Å²) in [6.45, 7) is 5.04. The van der Waals surface area contributed by atoms with Crippen LogP contribution in [-0.4, -0.2) is 55.6 Å². The molecule has 0 radical (unpaired) electrons. The average Bonchev–Trinajstić information content (AvgIpc) is 2.93. The van der Waals surface area contributed by atoms with Crippen LogP contribution in [0.1, 0.15) is 32.6 Å². The van der Waals surface area contributed by atoms with Crippen LogP contribution in [0.15, 0.2) is 0 Å². The molecule has 0 aromatic heterocycles. The lowest BCUT2D eigenvalue weighted by Gasteiger charge is -2.33. The van der Waals surface area contributed by atoms with E-state index in [9.17, 15) is 9.59 Å². The number of nitrogens with zero attached hydrogens (tertiary/aromatic N) is 1. The standard InChI is InChI=1S/C15H27N3O3/c1-2-3-6-17-14(19)11-4-7-18(8-5-11)15(20)12-9-21-10-13(12)16/h11-13H,2-10,16H2,1H3,(H,17,19). The first-order valence-corrected chi connectivity index (χ1v) is 8.03. The molecule has 3 N–H and O–H groups in total. The van der Waals surface area contributed by atoms with Crippen LogP contribution < -0.4 is 11.1 Å². The predicted molar refractivity (Wildman–Crippen MR) is 79.5 cm³/mol. The Balaban J connectivity index is 1.75. The van der Waals surface area contributed by atoms with Crippen LogP contribution in [0.2, 0.25) is 0 Å². The molecule has 2 fully saturated rings. The molecule has 2 saturated heterocycles.